The van der Waals surface area contributed by atoms with E-state index >= 15 is 0 Å². The number of likely N-dealkylation sites (tertiary alicyclic amines) is 1. The lowest BCUT2D eigenvalue weighted by Crippen LogP contribution is -2.34. The van der Waals surface area contributed by atoms with Crippen molar-refractivity contribution < 1.29 is 18.3 Å². The molecule has 1 aromatic carbocycles. The molecule has 19 heavy (non-hydrogen) atoms. The fourth-order valence-electron chi connectivity index (χ4n) is 1.78. The van der Waals surface area contributed by atoms with Gasteiger partial charge in [-0.25, -0.2) is 8.78 Å². The second kappa shape index (κ2) is 5.63. The number of carbonyl (C=O) groups is 1. The molecule has 0 aliphatic carbocycles. The van der Waals surface area contributed by atoms with Crippen molar-refractivity contribution in [3.05, 3.63) is 27.7 Å². The summed E-state index contributed by atoms with van der Waals surface area (Å²) >= 11 is 9.10. The maximum atomic E-state index is 13.0. The average Bonchev–Trinajstić information content (AvgIpc) is 2.71. The molecule has 1 saturated heterocycles. The molecule has 2 rings (SSSR count). The van der Waals surface area contributed by atoms with E-state index < -0.39 is 18.4 Å². The number of benzene rings is 1. The van der Waals surface area contributed by atoms with Gasteiger partial charge in [0.25, 0.3) is 11.8 Å². The van der Waals surface area contributed by atoms with Crippen LogP contribution >= 0.6 is 27.5 Å². The molecule has 0 atom stereocenters. The van der Waals surface area contributed by atoms with Crippen LogP contribution in [0.1, 0.15) is 6.42 Å². The lowest BCUT2D eigenvalue weighted by molar-refractivity contribution is -0.133. The van der Waals surface area contributed by atoms with Gasteiger partial charge >= 0.3 is 0 Å². The Balaban J connectivity index is 1.92. The van der Waals surface area contributed by atoms with E-state index in [1.165, 1.54) is 0 Å². The topological polar surface area (TPSA) is 29.5 Å². The monoisotopic (exact) mass is 353 g/mol. The molecule has 0 aromatic heterocycles. The first-order chi connectivity index (χ1) is 8.89. The van der Waals surface area contributed by atoms with E-state index in [2.05, 4.69) is 15.9 Å². The predicted molar refractivity (Wildman–Crippen MR) is 70.8 cm³/mol. The molecule has 0 radical (unpaired) electrons. The number of hydrogen-bond acceptors (Lipinski definition) is 2. The van der Waals surface area contributed by atoms with Crippen molar-refractivity contribution in [1.29, 1.82) is 0 Å². The number of nitrogens with zero attached hydrogens (tertiary/aromatic N) is 1. The van der Waals surface area contributed by atoms with Crippen LogP contribution < -0.4 is 4.74 Å². The normalized spacial score (nSPS) is 17.6. The summed E-state index contributed by atoms with van der Waals surface area (Å²) < 4.78 is 31.8. The minimum absolute atomic E-state index is 0.0614. The SMILES string of the molecule is O=C(COc1cccc(Cl)c1Br)N1CCC(F)(F)C1. The molecule has 1 aromatic rings. The number of hydrogen-bond donors (Lipinski definition) is 0. The first kappa shape index (κ1) is 14.5. The zero-order valence-electron chi connectivity index (χ0n) is 9.84. The first-order valence-corrected chi connectivity index (χ1v) is 6.78. The Morgan fingerprint density at radius 1 is 1.53 bits per heavy atom. The number of carbonyl (C=O) groups excluding carboxylic acids is 1. The summed E-state index contributed by atoms with van der Waals surface area (Å²) in [5, 5.41) is 0.456. The summed E-state index contributed by atoms with van der Waals surface area (Å²) in [4.78, 5) is 12.8. The zero-order valence-corrected chi connectivity index (χ0v) is 12.2. The number of amides is 1. The summed E-state index contributed by atoms with van der Waals surface area (Å²) in [5.74, 6) is -2.83. The third-order valence-corrected chi connectivity index (χ3v) is 4.15. The summed E-state index contributed by atoms with van der Waals surface area (Å²) in [6.45, 7) is -0.757. The van der Waals surface area contributed by atoms with E-state index in [9.17, 15) is 13.6 Å². The number of halogens is 4. The lowest BCUT2D eigenvalue weighted by Gasteiger charge is -2.16. The fraction of sp³-hybridized carbons (Fsp3) is 0.417. The molecule has 7 heteroatoms. The van der Waals surface area contributed by atoms with Crippen molar-refractivity contribution in [2.24, 2.45) is 0 Å². The molecule has 0 N–H and O–H groups in total. The second-order valence-electron chi connectivity index (χ2n) is 4.26. The number of rotatable bonds is 3. The van der Waals surface area contributed by atoms with Crippen LogP contribution in [0, 0.1) is 0 Å². The Morgan fingerprint density at radius 3 is 2.89 bits per heavy atom. The average molecular weight is 355 g/mol. The number of alkyl halides is 2. The third kappa shape index (κ3) is 3.57. The van der Waals surface area contributed by atoms with E-state index in [1.807, 2.05) is 0 Å². The molecule has 0 saturated carbocycles. The molecule has 1 aliphatic rings. The van der Waals surface area contributed by atoms with Crippen LogP contribution in [-0.2, 0) is 4.79 Å². The maximum absolute atomic E-state index is 13.0. The van der Waals surface area contributed by atoms with E-state index in [0.717, 1.165) is 4.90 Å². The molecular weight excluding hydrogens is 343 g/mol. The molecule has 3 nitrogen and oxygen atoms in total. The van der Waals surface area contributed by atoms with Gasteiger partial charge in [-0.1, -0.05) is 17.7 Å². The Hall–Kier alpha value is -0.880. The highest BCUT2D eigenvalue weighted by Crippen LogP contribution is 2.32. The molecule has 0 spiro atoms. The molecule has 1 heterocycles. The van der Waals surface area contributed by atoms with E-state index in [1.54, 1.807) is 18.2 Å². The highest BCUT2D eigenvalue weighted by molar-refractivity contribution is 9.10. The standard InChI is InChI=1S/C12H11BrClF2NO2/c13-11-8(14)2-1-3-9(11)19-6-10(18)17-5-4-12(15,16)7-17/h1-3H,4-7H2. The zero-order chi connectivity index (χ0) is 14.0. The Morgan fingerprint density at radius 2 is 2.26 bits per heavy atom. The van der Waals surface area contributed by atoms with Gasteiger partial charge in [0.05, 0.1) is 16.0 Å². The lowest BCUT2D eigenvalue weighted by atomic mass is 10.3. The van der Waals surface area contributed by atoms with Gasteiger partial charge in [-0.2, -0.15) is 0 Å². The fourth-order valence-corrected chi connectivity index (χ4v) is 2.32. The quantitative estimate of drug-likeness (QED) is 0.833. The van der Waals surface area contributed by atoms with Crippen LogP contribution in [0.15, 0.2) is 22.7 Å². The summed E-state index contributed by atoms with van der Waals surface area (Å²) in [6, 6.07) is 4.99. The van der Waals surface area contributed by atoms with E-state index in [-0.39, 0.29) is 19.6 Å². The molecule has 104 valence electrons. The van der Waals surface area contributed by atoms with Crippen LogP contribution in [0.3, 0.4) is 0 Å². The van der Waals surface area contributed by atoms with Gasteiger partial charge in [0.1, 0.15) is 5.75 Å². The van der Waals surface area contributed by atoms with Crippen LogP contribution in [0.25, 0.3) is 0 Å². The Labute approximate surface area is 122 Å². The minimum atomic E-state index is -2.79. The molecule has 1 aliphatic heterocycles. The van der Waals surface area contributed by atoms with Crippen molar-refractivity contribution >= 4 is 33.4 Å². The maximum Gasteiger partial charge on any atom is 0.267 e. The summed E-state index contributed by atoms with van der Waals surface area (Å²) in [7, 11) is 0. The van der Waals surface area contributed by atoms with Crippen LogP contribution in [0.4, 0.5) is 8.78 Å². The smallest absolute Gasteiger partial charge is 0.267 e. The predicted octanol–water partition coefficient (Wildman–Crippen LogP) is 3.35. The van der Waals surface area contributed by atoms with Crippen molar-refractivity contribution in [3.8, 4) is 5.75 Å². The van der Waals surface area contributed by atoms with Gasteiger partial charge < -0.3 is 9.64 Å². The Kier molecular flexibility index (Phi) is 4.30. The van der Waals surface area contributed by atoms with Crippen molar-refractivity contribution in [3.63, 3.8) is 0 Å². The van der Waals surface area contributed by atoms with Gasteiger partial charge in [-0.05, 0) is 28.1 Å². The van der Waals surface area contributed by atoms with E-state index in [0.29, 0.717) is 15.2 Å². The van der Waals surface area contributed by atoms with Crippen LogP contribution in [0.2, 0.25) is 5.02 Å². The van der Waals surface area contributed by atoms with Crippen LogP contribution in [-0.4, -0.2) is 36.4 Å². The largest absolute Gasteiger partial charge is 0.483 e. The van der Waals surface area contributed by atoms with Gasteiger partial charge in [-0.15, -0.1) is 0 Å². The van der Waals surface area contributed by atoms with Gasteiger partial charge in [0.2, 0.25) is 0 Å². The summed E-state index contributed by atoms with van der Waals surface area (Å²) in [6.07, 6.45) is -0.292. The minimum Gasteiger partial charge on any atom is -0.483 e. The van der Waals surface area contributed by atoms with Gasteiger partial charge in [0.15, 0.2) is 6.61 Å². The van der Waals surface area contributed by atoms with E-state index in [4.69, 9.17) is 16.3 Å². The van der Waals surface area contributed by atoms with Gasteiger partial charge in [0, 0.05) is 13.0 Å². The highest BCUT2D eigenvalue weighted by atomic mass is 79.9. The molecular formula is C12H11BrClF2NO2. The van der Waals surface area contributed by atoms with Crippen molar-refractivity contribution in [1.82, 2.24) is 4.90 Å². The first-order valence-electron chi connectivity index (χ1n) is 5.61. The second-order valence-corrected chi connectivity index (χ2v) is 5.46. The van der Waals surface area contributed by atoms with Crippen LogP contribution in [0.5, 0.6) is 5.75 Å². The summed E-state index contributed by atoms with van der Waals surface area (Å²) in [5.41, 5.74) is 0. The number of ether oxygens (including phenoxy) is 1. The molecule has 1 amide bonds. The van der Waals surface area contributed by atoms with Crippen molar-refractivity contribution in [2.45, 2.75) is 12.3 Å². The van der Waals surface area contributed by atoms with Gasteiger partial charge in [-0.3, -0.25) is 4.79 Å². The highest BCUT2D eigenvalue weighted by Gasteiger charge is 2.40. The van der Waals surface area contributed by atoms with Crippen molar-refractivity contribution in [2.75, 3.05) is 19.7 Å². The molecule has 0 unspecified atom stereocenters. The molecule has 0 bridgehead atoms. The third-order valence-electron chi connectivity index (χ3n) is 2.79. The Bertz CT molecular complexity index is 499. The molecule has 1 fully saturated rings.